The van der Waals surface area contributed by atoms with Crippen LogP contribution in [0.25, 0.3) is 0 Å². The Labute approximate surface area is 87.7 Å². The number of hydrogen-bond acceptors (Lipinski definition) is 2. The number of hydrogen-bond donors (Lipinski definition) is 1. The minimum Gasteiger partial charge on any atom is -0.393 e. The lowest BCUT2D eigenvalue weighted by Crippen LogP contribution is -2.23. The fourth-order valence-corrected chi connectivity index (χ4v) is 1.94. The van der Waals surface area contributed by atoms with Gasteiger partial charge in [0.15, 0.2) is 0 Å². The van der Waals surface area contributed by atoms with E-state index in [0.29, 0.717) is 17.9 Å². The molecule has 0 bridgehead atoms. The molecule has 0 amide bonds. The largest absolute Gasteiger partial charge is 0.393 e. The van der Waals surface area contributed by atoms with Gasteiger partial charge < -0.3 is 9.84 Å². The molecule has 0 aromatic carbocycles. The first-order chi connectivity index (χ1) is 6.61. The Morgan fingerprint density at radius 2 is 2.07 bits per heavy atom. The molecule has 1 N–H and O–H groups in total. The van der Waals surface area contributed by atoms with Gasteiger partial charge in [0.05, 0.1) is 12.2 Å². The van der Waals surface area contributed by atoms with Gasteiger partial charge in [-0.1, -0.05) is 20.8 Å². The van der Waals surface area contributed by atoms with Crippen molar-refractivity contribution in [2.45, 2.75) is 58.7 Å². The highest BCUT2D eigenvalue weighted by atomic mass is 16.5. The Balaban J connectivity index is 2.16. The molecule has 2 nitrogen and oxygen atoms in total. The topological polar surface area (TPSA) is 29.5 Å². The van der Waals surface area contributed by atoms with Crippen LogP contribution in [0, 0.1) is 11.8 Å². The summed E-state index contributed by atoms with van der Waals surface area (Å²) in [5, 5.41) is 9.89. The van der Waals surface area contributed by atoms with Gasteiger partial charge in [-0.2, -0.15) is 0 Å². The SMILES string of the molecule is CC(C)C(C)C(O)CCC1CCCO1. The Morgan fingerprint density at radius 1 is 1.36 bits per heavy atom. The van der Waals surface area contributed by atoms with Gasteiger partial charge in [-0.05, 0) is 37.5 Å². The van der Waals surface area contributed by atoms with E-state index in [0.717, 1.165) is 19.4 Å². The molecule has 1 heterocycles. The standard InChI is InChI=1S/C12H24O2/c1-9(2)10(3)12(13)7-6-11-5-4-8-14-11/h9-13H,4-8H2,1-3H3. The van der Waals surface area contributed by atoms with Crippen molar-refractivity contribution < 1.29 is 9.84 Å². The van der Waals surface area contributed by atoms with Crippen molar-refractivity contribution in [3.63, 3.8) is 0 Å². The first kappa shape index (κ1) is 12.0. The molecule has 0 saturated carbocycles. The molecule has 84 valence electrons. The highest BCUT2D eigenvalue weighted by Gasteiger charge is 2.21. The molecule has 0 aliphatic carbocycles. The van der Waals surface area contributed by atoms with E-state index in [-0.39, 0.29) is 6.10 Å². The zero-order valence-electron chi connectivity index (χ0n) is 9.70. The Hall–Kier alpha value is -0.0800. The van der Waals surface area contributed by atoms with Crippen LogP contribution in [-0.4, -0.2) is 23.9 Å². The fourth-order valence-electron chi connectivity index (χ4n) is 1.94. The fraction of sp³-hybridized carbons (Fsp3) is 1.00. The molecule has 0 spiro atoms. The van der Waals surface area contributed by atoms with E-state index >= 15 is 0 Å². The molecular formula is C12H24O2. The van der Waals surface area contributed by atoms with Gasteiger partial charge in [-0.25, -0.2) is 0 Å². The zero-order chi connectivity index (χ0) is 10.6. The third-order valence-corrected chi connectivity index (χ3v) is 3.47. The van der Waals surface area contributed by atoms with Crippen LogP contribution in [0.2, 0.25) is 0 Å². The molecule has 0 aromatic heterocycles. The molecule has 2 heteroatoms. The average molecular weight is 200 g/mol. The highest BCUT2D eigenvalue weighted by molar-refractivity contribution is 4.72. The van der Waals surface area contributed by atoms with Crippen molar-refractivity contribution in [3.05, 3.63) is 0 Å². The van der Waals surface area contributed by atoms with Gasteiger partial charge in [0, 0.05) is 6.61 Å². The van der Waals surface area contributed by atoms with Crippen LogP contribution in [0.4, 0.5) is 0 Å². The summed E-state index contributed by atoms with van der Waals surface area (Å²) in [5.41, 5.74) is 0. The first-order valence-electron chi connectivity index (χ1n) is 5.91. The van der Waals surface area contributed by atoms with Crippen LogP contribution >= 0.6 is 0 Å². The normalized spacial score (nSPS) is 26.8. The summed E-state index contributed by atoms with van der Waals surface area (Å²) in [6.45, 7) is 7.38. The molecule has 3 atom stereocenters. The summed E-state index contributed by atoms with van der Waals surface area (Å²) in [7, 11) is 0. The third-order valence-electron chi connectivity index (χ3n) is 3.47. The van der Waals surface area contributed by atoms with E-state index in [1.807, 2.05) is 0 Å². The van der Waals surface area contributed by atoms with Gasteiger partial charge in [0.25, 0.3) is 0 Å². The van der Waals surface area contributed by atoms with Crippen LogP contribution in [0.15, 0.2) is 0 Å². The van der Waals surface area contributed by atoms with Crippen molar-refractivity contribution in [2.75, 3.05) is 6.61 Å². The maximum absolute atomic E-state index is 9.89. The van der Waals surface area contributed by atoms with Crippen LogP contribution in [-0.2, 0) is 4.74 Å². The second-order valence-electron chi connectivity index (χ2n) is 4.88. The quantitative estimate of drug-likeness (QED) is 0.739. The number of rotatable bonds is 5. The first-order valence-corrected chi connectivity index (χ1v) is 5.91. The Morgan fingerprint density at radius 3 is 2.57 bits per heavy atom. The van der Waals surface area contributed by atoms with E-state index in [4.69, 9.17) is 4.74 Å². The summed E-state index contributed by atoms with van der Waals surface area (Å²) >= 11 is 0. The van der Waals surface area contributed by atoms with Crippen LogP contribution in [0.5, 0.6) is 0 Å². The van der Waals surface area contributed by atoms with Gasteiger partial charge in [0.1, 0.15) is 0 Å². The number of ether oxygens (including phenoxy) is 1. The van der Waals surface area contributed by atoms with E-state index in [9.17, 15) is 5.11 Å². The summed E-state index contributed by atoms with van der Waals surface area (Å²) in [4.78, 5) is 0. The molecule has 1 saturated heterocycles. The van der Waals surface area contributed by atoms with E-state index in [2.05, 4.69) is 20.8 Å². The predicted octanol–water partition coefficient (Wildman–Crippen LogP) is 2.60. The lowest BCUT2D eigenvalue weighted by molar-refractivity contribution is 0.0512. The summed E-state index contributed by atoms with van der Waals surface area (Å²) < 4.78 is 5.53. The lowest BCUT2D eigenvalue weighted by Gasteiger charge is -2.23. The second-order valence-corrected chi connectivity index (χ2v) is 4.88. The number of aliphatic hydroxyl groups excluding tert-OH is 1. The van der Waals surface area contributed by atoms with Crippen molar-refractivity contribution in [2.24, 2.45) is 11.8 Å². The summed E-state index contributed by atoms with van der Waals surface area (Å²) in [6, 6.07) is 0. The van der Waals surface area contributed by atoms with Crippen LogP contribution in [0.3, 0.4) is 0 Å². The van der Waals surface area contributed by atoms with E-state index in [1.54, 1.807) is 0 Å². The smallest absolute Gasteiger partial charge is 0.0577 e. The number of aliphatic hydroxyl groups is 1. The summed E-state index contributed by atoms with van der Waals surface area (Å²) in [5.74, 6) is 0.964. The second kappa shape index (κ2) is 5.72. The van der Waals surface area contributed by atoms with E-state index in [1.165, 1.54) is 12.8 Å². The van der Waals surface area contributed by atoms with Gasteiger partial charge >= 0.3 is 0 Å². The van der Waals surface area contributed by atoms with Crippen LogP contribution < -0.4 is 0 Å². The lowest BCUT2D eigenvalue weighted by atomic mass is 9.89. The van der Waals surface area contributed by atoms with Gasteiger partial charge in [0.2, 0.25) is 0 Å². The maximum Gasteiger partial charge on any atom is 0.0577 e. The molecule has 0 aromatic rings. The third kappa shape index (κ3) is 3.58. The highest BCUT2D eigenvalue weighted by Crippen LogP contribution is 2.22. The molecule has 1 rings (SSSR count). The zero-order valence-corrected chi connectivity index (χ0v) is 9.70. The summed E-state index contributed by atoms with van der Waals surface area (Å²) in [6.07, 6.45) is 4.56. The van der Waals surface area contributed by atoms with Crippen molar-refractivity contribution in [3.8, 4) is 0 Å². The Kier molecular flexibility index (Phi) is 4.90. The van der Waals surface area contributed by atoms with Crippen molar-refractivity contribution >= 4 is 0 Å². The molecular weight excluding hydrogens is 176 g/mol. The maximum atomic E-state index is 9.89. The molecule has 1 fully saturated rings. The van der Waals surface area contributed by atoms with Crippen molar-refractivity contribution in [1.29, 1.82) is 0 Å². The minimum absolute atomic E-state index is 0.154. The van der Waals surface area contributed by atoms with Crippen LogP contribution in [0.1, 0.15) is 46.5 Å². The van der Waals surface area contributed by atoms with Crippen molar-refractivity contribution in [1.82, 2.24) is 0 Å². The molecule has 14 heavy (non-hydrogen) atoms. The predicted molar refractivity (Wildman–Crippen MR) is 58.2 cm³/mol. The molecule has 1 aliphatic rings. The molecule has 3 unspecified atom stereocenters. The molecule has 0 radical (unpaired) electrons. The Bertz CT molecular complexity index is 150. The minimum atomic E-state index is -0.154. The monoisotopic (exact) mass is 200 g/mol. The van der Waals surface area contributed by atoms with Gasteiger partial charge in [-0.15, -0.1) is 0 Å². The average Bonchev–Trinajstić information content (AvgIpc) is 2.65. The molecule has 1 aliphatic heterocycles. The van der Waals surface area contributed by atoms with E-state index < -0.39 is 0 Å². The van der Waals surface area contributed by atoms with Gasteiger partial charge in [-0.3, -0.25) is 0 Å².